The van der Waals surface area contributed by atoms with E-state index in [-0.39, 0.29) is 11.7 Å². The fourth-order valence-electron chi connectivity index (χ4n) is 3.92. The summed E-state index contributed by atoms with van der Waals surface area (Å²) >= 11 is 0. The van der Waals surface area contributed by atoms with Crippen molar-refractivity contribution in [2.24, 2.45) is 0 Å². The van der Waals surface area contributed by atoms with Gasteiger partial charge >= 0.3 is 0 Å². The lowest BCUT2D eigenvalue weighted by Crippen LogP contribution is -2.25. The molecule has 37 heavy (non-hydrogen) atoms. The van der Waals surface area contributed by atoms with E-state index in [1.165, 1.54) is 6.26 Å². The highest BCUT2D eigenvalue weighted by molar-refractivity contribution is 7.89. The van der Waals surface area contributed by atoms with Crippen LogP contribution < -0.4 is 15.5 Å². The predicted molar refractivity (Wildman–Crippen MR) is 147 cm³/mol. The summed E-state index contributed by atoms with van der Waals surface area (Å²) < 4.78 is 25.3. The average Bonchev–Trinajstić information content (AvgIpc) is 3.18. The summed E-state index contributed by atoms with van der Waals surface area (Å²) in [4.78, 5) is 27.9. The van der Waals surface area contributed by atoms with Gasteiger partial charge in [-0.25, -0.2) is 18.4 Å². The molecule has 4 rings (SSSR count). The summed E-state index contributed by atoms with van der Waals surface area (Å²) in [5, 5.41) is 6.11. The quantitative estimate of drug-likeness (QED) is 0.299. The number of hydrogen-bond donors (Lipinski definition) is 2. The van der Waals surface area contributed by atoms with Crippen LogP contribution in [-0.2, 0) is 27.1 Å². The summed E-state index contributed by atoms with van der Waals surface area (Å²) in [7, 11) is -1.24. The molecule has 2 aromatic heterocycles. The molecule has 0 bridgehead atoms. The monoisotopic (exact) mass is 521 g/mol. The van der Waals surface area contributed by atoms with Gasteiger partial charge in [0.1, 0.15) is 5.82 Å². The van der Waals surface area contributed by atoms with E-state index in [2.05, 4.69) is 32.5 Å². The number of anilines is 4. The van der Waals surface area contributed by atoms with E-state index in [9.17, 15) is 13.2 Å². The number of nitrogens with zero attached hydrogens (tertiary/aromatic N) is 5. The molecule has 0 radical (unpaired) electrons. The first-order valence-electron chi connectivity index (χ1n) is 12.0. The number of nitrogens with one attached hydrogen (secondary N) is 2. The van der Waals surface area contributed by atoms with E-state index >= 15 is 0 Å². The van der Waals surface area contributed by atoms with E-state index in [0.29, 0.717) is 42.1 Å². The largest absolute Gasteiger partial charge is 0.341 e. The number of carbonyl (C=O) groups is 1. The molecule has 0 fully saturated rings. The van der Waals surface area contributed by atoms with Gasteiger partial charge in [-0.05, 0) is 42.3 Å². The molecule has 0 saturated carbocycles. The lowest BCUT2D eigenvalue weighted by Gasteiger charge is -2.21. The van der Waals surface area contributed by atoms with Gasteiger partial charge < -0.3 is 10.2 Å². The maximum Gasteiger partial charge on any atom is 0.229 e. The molecule has 1 amide bonds. The van der Waals surface area contributed by atoms with Gasteiger partial charge in [0, 0.05) is 31.6 Å². The van der Waals surface area contributed by atoms with Crippen molar-refractivity contribution in [3.05, 3.63) is 66.4 Å². The number of aromatic nitrogens is 4. The fourth-order valence-corrected chi connectivity index (χ4v) is 4.70. The molecule has 2 heterocycles. The number of unbranched alkanes of at least 4 members (excludes halogenated alkanes) is 1. The van der Waals surface area contributed by atoms with Crippen LogP contribution in [0.1, 0.15) is 31.7 Å². The average molecular weight is 522 g/mol. The van der Waals surface area contributed by atoms with E-state index in [0.717, 1.165) is 23.9 Å². The minimum absolute atomic E-state index is 0.0394. The second kappa shape index (κ2) is 11.4. The number of hydrogen-bond acceptors (Lipinski definition) is 8. The number of benzene rings is 2. The minimum Gasteiger partial charge on any atom is -0.341 e. The lowest BCUT2D eigenvalue weighted by molar-refractivity contribution is -0.116. The van der Waals surface area contributed by atoms with Gasteiger partial charge in [-0.1, -0.05) is 37.6 Å². The topological polar surface area (TPSA) is 122 Å². The zero-order valence-electron chi connectivity index (χ0n) is 21.2. The standard InChI is InChI=1S/C26H31N7O3S/c1-4-5-13-24(34)31-26-29-21-11-6-7-12-22(21)33(26)18-32(2)23-14-15-27-25(30-23)28-20-10-8-9-19(16-20)17-37(3,35)36/h6-12,14-16H,4-5,13,17-18H2,1-3H3,(H,27,28,30)(H,29,31,34). The van der Waals surface area contributed by atoms with E-state index in [1.54, 1.807) is 30.5 Å². The van der Waals surface area contributed by atoms with Gasteiger partial charge in [-0.3, -0.25) is 14.7 Å². The van der Waals surface area contributed by atoms with Crippen molar-refractivity contribution in [2.75, 3.05) is 28.8 Å². The van der Waals surface area contributed by atoms with Gasteiger partial charge in [0.2, 0.25) is 17.8 Å². The number of fused-ring (bicyclic) bond motifs is 1. The molecule has 0 aliphatic rings. The van der Waals surface area contributed by atoms with Gasteiger partial charge in [0.15, 0.2) is 9.84 Å². The highest BCUT2D eigenvalue weighted by atomic mass is 32.2. The molecule has 0 unspecified atom stereocenters. The van der Waals surface area contributed by atoms with Crippen LogP contribution >= 0.6 is 0 Å². The summed E-state index contributed by atoms with van der Waals surface area (Å²) in [5.41, 5.74) is 3.07. The number of imidazole rings is 1. The maximum atomic E-state index is 12.4. The van der Waals surface area contributed by atoms with Gasteiger partial charge in [-0.15, -0.1) is 0 Å². The Morgan fingerprint density at radius 2 is 1.89 bits per heavy atom. The third-order valence-electron chi connectivity index (χ3n) is 5.66. The molecular formula is C26H31N7O3S. The normalized spacial score (nSPS) is 11.4. The molecule has 0 saturated heterocycles. The minimum atomic E-state index is -3.14. The SMILES string of the molecule is CCCCC(=O)Nc1nc2ccccc2n1CN(C)c1ccnc(Nc2cccc(CS(C)(=O)=O)c2)n1. The first-order chi connectivity index (χ1) is 17.7. The molecule has 0 aliphatic carbocycles. The predicted octanol–water partition coefficient (Wildman–Crippen LogP) is 4.34. The van der Waals surface area contributed by atoms with Gasteiger partial charge in [0.05, 0.1) is 23.5 Å². The second-order valence-electron chi connectivity index (χ2n) is 8.98. The van der Waals surface area contributed by atoms with Crippen molar-refractivity contribution in [2.45, 2.75) is 38.6 Å². The van der Waals surface area contributed by atoms with Crippen LogP contribution in [0, 0.1) is 0 Å². The third-order valence-corrected chi connectivity index (χ3v) is 6.52. The Morgan fingerprint density at radius 3 is 2.68 bits per heavy atom. The molecule has 2 N–H and O–H groups in total. The van der Waals surface area contributed by atoms with Crippen molar-refractivity contribution >= 4 is 50.2 Å². The van der Waals surface area contributed by atoms with Crippen LogP contribution in [0.3, 0.4) is 0 Å². The fraction of sp³-hybridized carbons (Fsp3) is 0.308. The Hall–Kier alpha value is -3.99. The van der Waals surface area contributed by atoms with Crippen LogP contribution in [0.5, 0.6) is 0 Å². The van der Waals surface area contributed by atoms with Crippen LogP contribution in [0.25, 0.3) is 11.0 Å². The molecule has 0 spiro atoms. The molecule has 0 atom stereocenters. The summed E-state index contributed by atoms with van der Waals surface area (Å²) in [6.07, 6.45) is 5.07. The Kier molecular flexibility index (Phi) is 8.02. The number of rotatable bonds is 11. The smallest absolute Gasteiger partial charge is 0.229 e. The Bertz CT molecular complexity index is 1500. The highest BCUT2D eigenvalue weighted by Gasteiger charge is 2.16. The molecule has 0 aliphatic heterocycles. The molecule has 194 valence electrons. The summed E-state index contributed by atoms with van der Waals surface area (Å²) in [5.74, 6) is 1.43. The number of carbonyl (C=O) groups excluding carboxylic acids is 1. The first kappa shape index (κ1) is 26.1. The van der Waals surface area contributed by atoms with E-state index < -0.39 is 9.84 Å². The van der Waals surface area contributed by atoms with Crippen LogP contribution in [-0.4, -0.2) is 47.1 Å². The number of para-hydroxylation sites is 2. The number of sulfone groups is 1. The molecule has 11 heteroatoms. The van der Waals surface area contributed by atoms with Gasteiger partial charge in [-0.2, -0.15) is 4.98 Å². The summed E-state index contributed by atoms with van der Waals surface area (Å²) in [6.45, 7) is 2.44. The maximum absolute atomic E-state index is 12.4. The lowest BCUT2D eigenvalue weighted by atomic mass is 10.2. The Balaban J connectivity index is 1.54. The molecular weight excluding hydrogens is 490 g/mol. The second-order valence-corrected chi connectivity index (χ2v) is 11.1. The molecule has 4 aromatic rings. The molecule has 2 aromatic carbocycles. The van der Waals surface area contributed by atoms with Crippen LogP contribution in [0.4, 0.5) is 23.4 Å². The Labute approximate surface area is 216 Å². The zero-order valence-corrected chi connectivity index (χ0v) is 22.0. The van der Waals surface area contributed by atoms with Crippen LogP contribution in [0.15, 0.2) is 60.8 Å². The molecule has 10 nitrogen and oxygen atoms in total. The van der Waals surface area contributed by atoms with Crippen molar-refractivity contribution < 1.29 is 13.2 Å². The van der Waals surface area contributed by atoms with Crippen molar-refractivity contribution in [1.29, 1.82) is 0 Å². The first-order valence-corrected chi connectivity index (χ1v) is 14.1. The third kappa shape index (κ3) is 7.04. The van der Waals surface area contributed by atoms with E-state index in [4.69, 9.17) is 0 Å². The van der Waals surface area contributed by atoms with Crippen molar-refractivity contribution in [3.8, 4) is 0 Å². The Morgan fingerprint density at radius 1 is 1.08 bits per heavy atom. The van der Waals surface area contributed by atoms with E-state index in [1.807, 2.05) is 46.8 Å². The summed E-state index contributed by atoms with van der Waals surface area (Å²) in [6, 6.07) is 16.7. The number of amides is 1. The van der Waals surface area contributed by atoms with Crippen molar-refractivity contribution in [1.82, 2.24) is 19.5 Å². The zero-order chi connectivity index (χ0) is 26.4. The van der Waals surface area contributed by atoms with Crippen molar-refractivity contribution in [3.63, 3.8) is 0 Å². The highest BCUT2D eigenvalue weighted by Crippen LogP contribution is 2.23. The van der Waals surface area contributed by atoms with Gasteiger partial charge in [0.25, 0.3) is 0 Å². The van der Waals surface area contributed by atoms with Crippen LogP contribution in [0.2, 0.25) is 0 Å².